The number of halogens is 1. The van der Waals surface area contributed by atoms with Crippen molar-refractivity contribution in [3.05, 3.63) is 29.3 Å². The second-order valence-electron chi connectivity index (χ2n) is 2.72. The van der Waals surface area contributed by atoms with Crippen molar-refractivity contribution in [2.24, 2.45) is 10.7 Å². The van der Waals surface area contributed by atoms with Crippen molar-refractivity contribution in [3.8, 4) is 0 Å². The minimum Gasteiger partial charge on any atom is -0.403 e. The maximum atomic E-state index is 5.71. The zero-order valence-corrected chi connectivity index (χ0v) is 9.28. The van der Waals surface area contributed by atoms with Crippen LogP contribution in [-0.4, -0.2) is 22.7 Å². The van der Waals surface area contributed by atoms with Crippen molar-refractivity contribution in [1.29, 1.82) is 0 Å². The van der Waals surface area contributed by atoms with Gasteiger partial charge in [0.2, 0.25) is 5.95 Å². The molecule has 1 rings (SSSR count). The van der Waals surface area contributed by atoms with E-state index in [4.69, 9.17) is 17.3 Å². The topological polar surface area (TPSA) is 76.2 Å². The Kier molecular flexibility index (Phi) is 4.05. The first-order valence-electron chi connectivity index (χ1n) is 4.28. The summed E-state index contributed by atoms with van der Waals surface area (Å²) in [6.45, 7) is 1.83. The molecule has 6 heteroatoms. The number of nitrogens with two attached hydrogens (primary N) is 1. The van der Waals surface area contributed by atoms with Crippen LogP contribution < -0.4 is 11.1 Å². The van der Waals surface area contributed by atoms with Crippen LogP contribution in [0.5, 0.6) is 0 Å². The van der Waals surface area contributed by atoms with Crippen LogP contribution in [-0.2, 0) is 0 Å². The summed E-state index contributed by atoms with van der Waals surface area (Å²) in [5.41, 5.74) is 6.86. The van der Waals surface area contributed by atoms with Gasteiger partial charge in [0.15, 0.2) is 0 Å². The van der Waals surface area contributed by atoms with Gasteiger partial charge in [0.25, 0.3) is 0 Å². The molecule has 0 radical (unpaired) electrons. The molecule has 1 aromatic rings. The van der Waals surface area contributed by atoms with Crippen LogP contribution in [0, 0.1) is 0 Å². The molecule has 0 unspecified atom stereocenters. The molecule has 0 amide bonds. The Morgan fingerprint density at radius 1 is 1.67 bits per heavy atom. The molecular weight excluding hydrogens is 214 g/mol. The number of aromatic nitrogens is 2. The van der Waals surface area contributed by atoms with E-state index in [1.54, 1.807) is 19.3 Å². The van der Waals surface area contributed by atoms with Crippen LogP contribution in [0.1, 0.15) is 6.92 Å². The van der Waals surface area contributed by atoms with E-state index in [1.807, 2.05) is 6.92 Å². The summed E-state index contributed by atoms with van der Waals surface area (Å²) >= 11 is 5.71. The van der Waals surface area contributed by atoms with Crippen LogP contribution in [0.15, 0.2) is 29.2 Å². The van der Waals surface area contributed by atoms with E-state index < -0.39 is 0 Å². The lowest BCUT2D eigenvalue weighted by atomic mass is 10.3. The van der Waals surface area contributed by atoms with Crippen molar-refractivity contribution >= 4 is 23.3 Å². The molecule has 15 heavy (non-hydrogen) atoms. The smallest absolute Gasteiger partial charge is 0.228 e. The first-order chi connectivity index (χ1) is 7.17. The van der Waals surface area contributed by atoms with Gasteiger partial charge in [0.05, 0.1) is 11.4 Å². The third kappa shape index (κ3) is 3.21. The fourth-order valence-electron chi connectivity index (χ4n) is 0.891. The Bertz CT molecular complexity index is 399. The molecule has 1 aromatic heterocycles. The van der Waals surface area contributed by atoms with Gasteiger partial charge in [0.1, 0.15) is 5.15 Å². The first-order valence-corrected chi connectivity index (χ1v) is 4.66. The van der Waals surface area contributed by atoms with Crippen molar-refractivity contribution in [2.45, 2.75) is 6.92 Å². The van der Waals surface area contributed by atoms with E-state index in [-0.39, 0.29) is 0 Å². The Balaban J connectivity index is 2.85. The summed E-state index contributed by atoms with van der Waals surface area (Å²) in [6, 6.07) is 1.60. The SMILES string of the molecule is CN=C(C)C(=CN)Nc1nccc(Cl)n1. The Labute approximate surface area is 93.1 Å². The Morgan fingerprint density at radius 2 is 2.40 bits per heavy atom. The van der Waals surface area contributed by atoms with E-state index in [9.17, 15) is 0 Å². The zero-order valence-electron chi connectivity index (χ0n) is 8.53. The van der Waals surface area contributed by atoms with Gasteiger partial charge < -0.3 is 11.1 Å². The molecule has 80 valence electrons. The van der Waals surface area contributed by atoms with Crippen LogP contribution in [0.4, 0.5) is 5.95 Å². The molecule has 0 aromatic carbocycles. The average molecular weight is 226 g/mol. The normalized spacial score (nSPS) is 12.7. The number of hydrogen-bond donors (Lipinski definition) is 2. The molecule has 0 saturated carbocycles. The fourth-order valence-corrected chi connectivity index (χ4v) is 1.03. The van der Waals surface area contributed by atoms with Gasteiger partial charge >= 0.3 is 0 Å². The zero-order chi connectivity index (χ0) is 11.3. The molecule has 0 saturated heterocycles. The largest absolute Gasteiger partial charge is 0.403 e. The molecule has 0 aliphatic carbocycles. The lowest BCUT2D eigenvalue weighted by Gasteiger charge is -2.07. The van der Waals surface area contributed by atoms with E-state index in [2.05, 4.69) is 20.3 Å². The molecule has 0 aliphatic heterocycles. The van der Waals surface area contributed by atoms with Gasteiger partial charge in [-0.2, -0.15) is 0 Å². The number of rotatable bonds is 3. The number of hydrogen-bond acceptors (Lipinski definition) is 5. The molecule has 0 aliphatic rings. The molecule has 0 bridgehead atoms. The third-order valence-electron chi connectivity index (χ3n) is 1.76. The van der Waals surface area contributed by atoms with Crippen molar-refractivity contribution in [2.75, 3.05) is 12.4 Å². The number of nitrogens with one attached hydrogen (secondary N) is 1. The number of nitrogens with zero attached hydrogens (tertiary/aromatic N) is 3. The van der Waals surface area contributed by atoms with E-state index in [1.165, 1.54) is 6.20 Å². The van der Waals surface area contributed by atoms with E-state index >= 15 is 0 Å². The maximum Gasteiger partial charge on any atom is 0.228 e. The van der Waals surface area contributed by atoms with Crippen LogP contribution in [0.2, 0.25) is 5.15 Å². The van der Waals surface area contributed by atoms with Crippen molar-refractivity contribution < 1.29 is 0 Å². The molecule has 0 fully saturated rings. The number of anilines is 1. The van der Waals surface area contributed by atoms with Gasteiger partial charge in [0, 0.05) is 19.4 Å². The van der Waals surface area contributed by atoms with Gasteiger partial charge in [-0.15, -0.1) is 0 Å². The lowest BCUT2D eigenvalue weighted by molar-refractivity contribution is 1.15. The van der Waals surface area contributed by atoms with E-state index in [0.29, 0.717) is 16.8 Å². The standard InChI is InChI=1S/C9H12ClN5/c1-6(12-2)7(5-11)14-9-13-4-3-8(10)15-9/h3-5H,11H2,1-2H3,(H,13,14,15). The van der Waals surface area contributed by atoms with Crippen LogP contribution in [0.25, 0.3) is 0 Å². The molecule has 3 N–H and O–H groups in total. The highest BCUT2D eigenvalue weighted by Gasteiger charge is 2.03. The van der Waals surface area contributed by atoms with Gasteiger partial charge in [-0.1, -0.05) is 11.6 Å². The number of aliphatic imine (C=N–C) groups is 1. The second-order valence-corrected chi connectivity index (χ2v) is 3.10. The summed E-state index contributed by atoms with van der Waals surface area (Å²) in [4.78, 5) is 12.0. The molecule has 5 nitrogen and oxygen atoms in total. The minimum atomic E-state index is 0.370. The third-order valence-corrected chi connectivity index (χ3v) is 1.97. The van der Waals surface area contributed by atoms with Crippen molar-refractivity contribution in [1.82, 2.24) is 9.97 Å². The fraction of sp³-hybridized carbons (Fsp3) is 0.222. The van der Waals surface area contributed by atoms with Crippen LogP contribution in [0.3, 0.4) is 0 Å². The second kappa shape index (κ2) is 5.31. The van der Waals surface area contributed by atoms with Crippen LogP contribution >= 0.6 is 11.6 Å². The highest BCUT2D eigenvalue weighted by Crippen LogP contribution is 2.08. The predicted molar refractivity (Wildman–Crippen MR) is 62.0 cm³/mol. The highest BCUT2D eigenvalue weighted by atomic mass is 35.5. The predicted octanol–water partition coefficient (Wildman–Crippen LogP) is 1.43. The molecular formula is C9H12ClN5. The average Bonchev–Trinajstić information content (AvgIpc) is 2.25. The lowest BCUT2D eigenvalue weighted by Crippen LogP contribution is -2.12. The van der Waals surface area contributed by atoms with Crippen molar-refractivity contribution in [3.63, 3.8) is 0 Å². The highest BCUT2D eigenvalue weighted by molar-refractivity contribution is 6.29. The maximum absolute atomic E-state index is 5.71. The summed E-state index contributed by atoms with van der Waals surface area (Å²) in [6.07, 6.45) is 2.97. The Hall–Kier alpha value is -1.62. The number of allylic oxidation sites excluding steroid dienone is 1. The van der Waals surface area contributed by atoms with Gasteiger partial charge in [-0.05, 0) is 13.0 Å². The van der Waals surface area contributed by atoms with E-state index in [0.717, 1.165) is 5.71 Å². The summed E-state index contributed by atoms with van der Waals surface area (Å²) < 4.78 is 0. The summed E-state index contributed by atoms with van der Waals surface area (Å²) in [5.74, 6) is 0.391. The quantitative estimate of drug-likeness (QED) is 0.603. The molecule has 0 spiro atoms. The molecule has 0 atom stereocenters. The Morgan fingerprint density at radius 3 is 2.93 bits per heavy atom. The molecule has 1 heterocycles. The summed E-state index contributed by atoms with van der Waals surface area (Å²) in [5, 5.41) is 3.29. The minimum absolute atomic E-state index is 0.370. The first kappa shape index (κ1) is 11.5. The monoisotopic (exact) mass is 225 g/mol. The van der Waals surface area contributed by atoms with Gasteiger partial charge in [-0.25, -0.2) is 9.97 Å². The van der Waals surface area contributed by atoms with Gasteiger partial charge in [-0.3, -0.25) is 4.99 Å². The summed E-state index contributed by atoms with van der Waals surface area (Å²) in [7, 11) is 1.68.